The molecule has 13 heavy (non-hydrogen) atoms. The summed E-state index contributed by atoms with van der Waals surface area (Å²) in [6.45, 7) is 0. The quantitative estimate of drug-likeness (QED) is 0.389. The minimum Gasteiger partial charge on any atom is -0.354 e. The Morgan fingerprint density at radius 1 is 1.46 bits per heavy atom. The van der Waals surface area contributed by atoms with Gasteiger partial charge < -0.3 is 10.2 Å². The molecule has 74 valence electrons. The summed E-state index contributed by atoms with van der Waals surface area (Å²) in [5.41, 5.74) is 0. The molecular weight excluding hydrogens is 176 g/mol. The Hall–Kier alpha value is -1.33. The van der Waals surface area contributed by atoms with E-state index in [4.69, 9.17) is 0 Å². The van der Waals surface area contributed by atoms with Crippen LogP contribution in [0.3, 0.4) is 0 Å². The summed E-state index contributed by atoms with van der Waals surface area (Å²) in [5.74, 6) is 0. The zero-order valence-electron chi connectivity index (χ0n) is 7.14. The average molecular weight is 188 g/mol. The third-order valence-electron chi connectivity index (χ3n) is 2.21. The van der Waals surface area contributed by atoms with Gasteiger partial charge in [0, 0.05) is 0 Å². The van der Waals surface area contributed by atoms with Crippen molar-refractivity contribution in [3.8, 4) is 0 Å². The van der Waals surface area contributed by atoms with Gasteiger partial charge in [-0.25, -0.2) is 0 Å². The maximum absolute atomic E-state index is 10.2. The summed E-state index contributed by atoms with van der Waals surface area (Å²) in [6.07, 6.45) is 3.35. The van der Waals surface area contributed by atoms with Crippen molar-refractivity contribution in [1.82, 2.24) is 5.32 Å². The van der Waals surface area contributed by atoms with Crippen molar-refractivity contribution >= 4 is 6.41 Å². The van der Waals surface area contributed by atoms with Crippen LogP contribution in [-0.4, -0.2) is 23.6 Å². The van der Waals surface area contributed by atoms with Gasteiger partial charge in [-0.1, -0.05) is 12.8 Å². The Labute approximate surface area is 75.4 Å². The average Bonchev–Trinajstić information content (AvgIpc) is 2.08. The highest BCUT2D eigenvalue weighted by Gasteiger charge is 2.27. The molecule has 0 heterocycles. The van der Waals surface area contributed by atoms with E-state index in [2.05, 4.69) is 10.2 Å². The fraction of sp³-hybridized carbons (Fsp3) is 0.857. The van der Waals surface area contributed by atoms with Gasteiger partial charge in [0.1, 0.15) is 6.10 Å². The smallest absolute Gasteiger partial charge is 0.294 e. The van der Waals surface area contributed by atoms with Gasteiger partial charge in [-0.2, -0.15) is 0 Å². The molecule has 0 saturated heterocycles. The maximum Gasteiger partial charge on any atom is 0.294 e. The van der Waals surface area contributed by atoms with Crippen LogP contribution in [0.25, 0.3) is 0 Å². The number of carbonyl (C=O) groups excluding carboxylic acids is 1. The molecule has 1 N–H and O–H groups in total. The molecule has 1 saturated carbocycles. The molecule has 0 radical (unpaired) electrons. The molecule has 1 fully saturated rings. The second kappa shape index (κ2) is 4.64. The second-order valence-electron chi connectivity index (χ2n) is 3.04. The van der Waals surface area contributed by atoms with Crippen molar-refractivity contribution in [1.29, 1.82) is 0 Å². The first kappa shape index (κ1) is 9.76. The van der Waals surface area contributed by atoms with Crippen molar-refractivity contribution < 1.29 is 14.7 Å². The molecule has 1 aliphatic rings. The van der Waals surface area contributed by atoms with E-state index in [1.165, 1.54) is 0 Å². The first-order valence-electron chi connectivity index (χ1n) is 4.25. The zero-order valence-corrected chi connectivity index (χ0v) is 7.14. The highest BCUT2D eigenvalue weighted by molar-refractivity contribution is 5.46. The lowest BCUT2D eigenvalue weighted by Gasteiger charge is -2.28. The minimum absolute atomic E-state index is 0.211. The van der Waals surface area contributed by atoms with Gasteiger partial charge in [0.2, 0.25) is 6.41 Å². The molecule has 1 rings (SSSR count). The fourth-order valence-electron chi connectivity index (χ4n) is 1.61. The van der Waals surface area contributed by atoms with E-state index in [0.29, 0.717) is 12.8 Å². The molecule has 1 amide bonds. The predicted molar refractivity (Wildman–Crippen MR) is 43.3 cm³/mol. The highest BCUT2D eigenvalue weighted by atomic mass is 17.0. The Balaban J connectivity index is 2.45. The molecule has 1 aliphatic carbocycles. The van der Waals surface area contributed by atoms with Crippen LogP contribution in [0.1, 0.15) is 25.7 Å². The van der Waals surface area contributed by atoms with Crippen LogP contribution in [0.15, 0.2) is 0 Å². The molecule has 2 unspecified atom stereocenters. The van der Waals surface area contributed by atoms with Crippen LogP contribution in [0.4, 0.5) is 0 Å². The summed E-state index contributed by atoms with van der Waals surface area (Å²) < 4.78 is 0. The van der Waals surface area contributed by atoms with Crippen molar-refractivity contribution in [3.63, 3.8) is 0 Å². The standard InChI is InChI=1S/C7H12N2O4/c10-5-8-6-3-1-2-4-7(6)13-9(11)12/h5-7H,1-4H2,(H,8,10). The molecule has 0 bridgehead atoms. The molecular formula is C7H12N2O4. The van der Waals surface area contributed by atoms with Crippen LogP contribution in [0.5, 0.6) is 0 Å². The van der Waals surface area contributed by atoms with E-state index < -0.39 is 11.2 Å². The maximum atomic E-state index is 10.2. The molecule has 2 atom stereocenters. The Bertz CT molecular complexity index is 197. The lowest BCUT2D eigenvalue weighted by atomic mass is 9.93. The van der Waals surface area contributed by atoms with Crippen LogP contribution in [-0.2, 0) is 9.63 Å². The van der Waals surface area contributed by atoms with Crippen LogP contribution >= 0.6 is 0 Å². The Morgan fingerprint density at radius 3 is 2.77 bits per heavy atom. The van der Waals surface area contributed by atoms with Crippen LogP contribution < -0.4 is 5.32 Å². The Kier molecular flexibility index (Phi) is 3.48. The van der Waals surface area contributed by atoms with Gasteiger partial charge in [0.05, 0.1) is 6.04 Å². The molecule has 6 heteroatoms. The van der Waals surface area contributed by atoms with Gasteiger partial charge in [0.15, 0.2) is 0 Å². The number of hydrogen-bond donors (Lipinski definition) is 1. The van der Waals surface area contributed by atoms with Crippen LogP contribution in [0, 0.1) is 10.1 Å². The first-order valence-corrected chi connectivity index (χ1v) is 4.25. The summed E-state index contributed by atoms with van der Waals surface area (Å²) in [5, 5.41) is 11.8. The minimum atomic E-state index is -0.796. The van der Waals surface area contributed by atoms with E-state index in [9.17, 15) is 14.9 Å². The van der Waals surface area contributed by atoms with Crippen molar-refractivity contribution in [2.45, 2.75) is 37.8 Å². The van der Waals surface area contributed by atoms with Gasteiger partial charge in [0.25, 0.3) is 5.09 Å². The summed E-state index contributed by atoms with van der Waals surface area (Å²) in [7, 11) is 0. The van der Waals surface area contributed by atoms with Crippen molar-refractivity contribution in [2.24, 2.45) is 0 Å². The largest absolute Gasteiger partial charge is 0.354 e. The third-order valence-corrected chi connectivity index (χ3v) is 2.21. The van der Waals surface area contributed by atoms with Gasteiger partial charge in [-0.3, -0.25) is 4.79 Å². The van der Waals surface area contributed by atoms with Gasteiger partial charge in [-0.15, -0.1) is 10.1 Å². The van der Waals surface area contributed by atoms with Crippen molar-refractivity contribution in [3.05, 3.63) is 10.1 Å². The predicted octanol–water partition coefficient (Wildman–Crippen LogP) is 0.252. The number of rotatable bonds is 4. The summed E-state index contributed by atoms with van der Waals surface area (Å²) in [4.78, 5) is 24.7. The normalized spacial score (nSPS) is 27.7. The number of carbonyl (C=O) groups is 1. The first-order chi connectivity index (χ1) is 6.24. The number of amides is 1. The van der Waals surface area contributed by atoms with Crippen LogP contribution in [0.2, 0.25) is 0 Å². The molecule has 6 nitrogen and oxygen atoms in total. The number of hydrogen-bond acceptors (Lipinski definition) is 4. The van der Waals surface area contributed by atoms with E-state index in [1.807, 2.05) is 0 Å². The van der Waals surface area contributed by atoms with Gasteiger partial charge in [-0.05, 0) is 12.8 Å². The number of nitrogens with zero attached hydrogens (tertiary/aromatic N) is 1. The van der Waals surface area contributed by atoms with E-state index in [0.717, 1.165) is 19.3 Å². The van der Waals surface area contributed by atoms with E-state index in [1.54, 1.807) is 0 Å². The molecule has 0 aromatic heterocycles. The second-order valence-corrected chi connectivity index (χ2v) is 3.04. The highest BCUT2D eigenvalue weighted by Crippen LogP contribution is 2.20. The monoisotopic (exact) mass is 188 g/mol. The van der Waals surface area contributed by atoms with Crippen molar-refractivity contribution in [2.75, 3.05) is 0 Å². The third kappa shape index (κ3) is 2.89. The topological polar surface area (TPSA) is 81.5 Å². The molecule has 0 spiro atoms. The Morgan fingerprint density at radius 2 is 2.15 bits per heavy atom. The molecule has 0 aromatic carbocycles. The molecule has 0 aromatic rings. The fourth-order valence-corrected chi connectivity index (χ4v) is 1.61. The molecule has 0 aliphatic heterocycles. The van der Waals surface area contributed by atoms with E-state index >= 15 is 0 Å². The lowest BCUT2D eigenvalue weighted by molar-refractivity contribution is -0.769. The van der Waals surface area contributed by atoms with E-state index in [-0.39, 0.29) is 6.04 Å². The lowest BCUT2D eigenvalue weighted by Crippen LogP contribution is -2.43. The van der Waals surface area contributed by atoms with Gasteiger partial charge >= 0.3 is 0 Å². The number of nitrogens with one attached hydrogen (secondary N) is 1. The summed E-state index contributed by atoms with van der Waals surface area (Å²) in [6, 6.07) is -0.211. The summed E-state index contributed by atoms with van der Waals surface area (Å²) >= 11 is 0. The SMILES string of the molecule is O=CNC1CCCCC1O[N+](=O)[O-]. The zero-order chi connectivity index (χ0) is 9.68.